The third-order valence-corrected chi connectivity index (χ3v) is 4.90. The molecule has 5 heteroatoms. The van der Waals surface area contributed by atoms with E-state index >= 15 is 0 Å². The second kappa shape index (κ2) is 7.06. The summed E-state index contributed by atoms with van der Waals surface area (Å²) in [6.07, 6.45) is 1.78. The highest BCUT2D eigenvalue weighted by atomic mass is 32.2. The van der Waals surface area contributed by atoms with Crippen LogP contribution in [0.4, 0.5) is 0 Å². The molecule has 0 radical (unpaired) electrons. The molecule has 0 unspecified atom stereocenters. The zero-order chi connectivity index (χ0) is 17.9. The van der Waals surface area contributed by atoms with Crippen LogP contribution in [-0.4, -0.2) is 11.1 Å². The second-order valence-corrected chi connectivity index (χ2v) is 6.92. The minimum atomic E-state index is -0.288. The quantitative estimate of drug-likeness (QED) is 0.703. The van der Waals surface area contributed by atoms with Gasteiger partial charge in [0.25, 0.3) is 5.91 Å². The van der Waals surface area contributed by atoms with Gasteiger partial charge in [0.1, 0.15) is 12.4 Å². The standard InChI is InChI=1S/C21H16N2O2S/c22-21-23-20(24)19(26-21)12-14-8-10-17(11-9-14)25-13-16-6-3-5-15-4-1-2-7-18(15)16/h1-12H,13H2,(H2,22,23,24)/b19-12-. The Labute approximate surface area is 155 Å². The van der Waals surface area contributed by atoms with Crippen molar-refractivity contribution in [2.45, 2.75) is 6.61 Å². The molecule has 0 saturated carbocycles. The van der Waals surface area contributed by atoms with Gasteiger partial charge in [0, 0.05) is 0 Å². The topological polar surface area (TPSA) is 64.7 Å². The van der Waals surface area contributed by atoms with Crippen molar-refractivity contribution in [1.29, 1.82) is 0 Å². The van der Waals surface area contributed by atoms with E-state index in [4.69, 9.17) is 10.5 Å². The largest absolute Gasteiger partial charge is 0.489 e. The monoisotopic (exact) mass is 360 g/mol. The molecule has 2 N–H and O–H groups in total. The minimum Gasteiger partial charge on any atom is -0.489 e. The zero-order valence-corrected chi connectivity index (χ0v) is 14.7. The first-order chi connectivity index (χ1) is 12.7. The van der Waals surface area contributed by atoms with Crippen LogP contribution in [0.25, 0.3) is 16.8 Å². The van der Waals surface area contributed by atoms with Crippen LogP contribution in [-0.2, 0) is 11.4 Å². The molecule has 0 aliphatic carbocycles. The number of amides is 1. The lowest BCUT2D eigenvalue weighted by atomic mass is 10.1. The van der Waals surface area contributed by atoms with Gasteiger partial charge in [-0.1, -0.05) is 54.6 Å². The van der Waals surface area contributed by atoms with Crippen LogP contribution in [0.1, 0.15) is 11.1 Å². The van der Waals surface area contributed by atoms with Crippen molar-refractivity contribution in [3.8, 4) is 5.75 Å². The number of hydrogen-bond acceptors (Lipinski definition) is 4. The van der Waals surface area contributed by atoms with E-state index in [1.807, 2.05) is 42.5 Å². The third-order valence-electron chi connectivity index (χ3n) is 4.09. The molecule has 26 heavy (non-hydrogen) atoms. The van der Waals surface area contributed by atoms with E-state index in [0.29, 0.717) is 11.5 Å². The Hall–Kier alpha value is -3.05. The average Bonchev–Trinajstić information content (AvgIpc) is 2.98. The number of ether oxygens (including phenoxy) is 1. The Kier molecular flexibility index (Phi) is 4.46. The Balaban J connectivity index is 1.46. The molecule has 4 rings (SSSR count). The molecule has 1 heterocycles. The fourth-order valence-corrected chi connectivity index (χ4v) is 3.50. The first kappa shape index (κ1) is 16.4. The zero-order valence-electron chi connectivity index (χ0n) is 13.9. The fourth-order valence-electron chi connectivity index (χ4n) is 2.82. The molecule has 0 fully saturated rings. The van der Waals surface area contributed by atoms with Gasteiger partial charge in [-0.2, -0.15) is 4.99 Å². The molecule has 3 aromatic carbocycles. The van der Waals surface area contributed by atoms with Crippen LogP contribution >= 0.6 is 11.8 Å². The Morgan fingerprint density at radius 1 is 1.00 bits per heavy atom. The molecule has 0 bridgehead atoms. The van der Waals surface area contributed by atoms with Gasteiger partial charge in [-0.25, -0.2) is 0 Å². The van der Waals surface area contributed by atoms with Crippen molar-refractivity contribution in [2.75, 3.05) is 0 Å². The van der Waals surface area contributed by atoms with E-state index in [2.05, 4.69) is 29.3 Å². The summed E-state index contributed by atoms with van der Waals surface area (Å²) in [5, 5.41) is 2.69. The minimum absolute atomic E-state index is 0.288. The van der Waals surface area contributed by atoms with Crippen LogP contribution in [0, 0.1) is 0 Å². The summed E-state index contributed by atoms with van der Waals surface area (Å²) in [4.78, 5) is 15.9. The van der Waals surface area contributed by atoms with Gasteiger partial charge < -0.3 is 10.5 Å². The van der Waals surface area contributed by atoms with Gasteiger partial charge in [-0.15, -0.1) is 0 Å². The van der Waals surface area contributed by atoms with Crippen LogP contribution in [0.15, 0.2) is 76.6 Å². The fraction of sp³-hybridized carbons (Fsp3) is 0.0476. The number of amidine groups is 1. The summed E-state index contributed by atoms with van der Waals surface area (Å²) in [6.45, 7) is 0.500. The molecule has 1 aliphatic rings. The SMILES string of the molecule is NC1=NC(=O)/C(=C/c2ccc(OCc3cccc4ccccc34)cc2)S1. The maximum atomic E-state index is 11.6. The van der Waals surface area contributed by atoms with Crippen LogP contribution in [0.2, 0.25) is 0 Å². The summed E-state index contributed by atoms with van der Waals surface area (Å²) >= 11 is 1.19. The van der Waals surface area contributed by atoms with Crippen molar-refractivity contribution in [3.63, 3.8) is 0 Å². The summed E-state index contributed by atoms with van der Waals surface area (Å²) in [5.74, 6) is 0.491. The molecule has 3 aromatic rings. The average molecular weight is 360 g/mol. The molecule has 1 aliphatic heterocycles. The summed E-state index contributed by atoms with van der Waals surface area (Å²) in [6, 6.07) is 22.1. The summed E-state index contributed by atoms with van der Waals surface area (Å²) in [5.41, 5.74) is 7.61. The van der Waals surface area contributed by atoms with E-state index in [1.54, 1.807) is 6.08 Å². The lowest BCUT2D eigenvalue weighted by Gasteiger charge is -2.09. The van der Waals surface area contributed by atoms with E-state index in [-0.39, 0.29) is 11.1 Å². The predicted molar refractivity (Wildman–Crippen MR) is 107 cm³/mol. The van der Waals surface area contributed by atoms with Gasteiger partial charge in [-0.3, -0.25) is 4.79 Å². The number of nitrogens with two attached hydrogens (primary N) is 1. The summed E-state index contributed by atoms with van der Waals surface area (Å²) < 4.78 is 5.93. The molecule has 0 aromatic heterocycles. The Bertz CT molecular complexity index is 1030. The van der Waals surface area contributed by atoms with Crippen molar-refractivity contribution in [3.05, 3.63) is 82.8 Å². The Morgan fingerprint density at radius 3 is 2.54 bits per heavy atom. The van der Waals surface area contributed by atoms with Gasteiger partial charge >= 0.3 is 0 Å². The number of nitrogens with zero attached hydrogens (tertiary/aromatic N) is 1. The lowest BCUT2D eigenvalue weighted by Crippen LogP contribution is -2.01. The predicted octanol–water partition coefficient (Wildman–Crippen LogP) is 4.35. The Morgan fingerprint density at radius 2 is 1.77 bits per heavy atom. The van der Waals surface area contributed by atoms with Crippen molar-refractivity contribution < 1.29 is 9.53 Å². The highest BCUT2D eigenvalue weighted by molar-refractivity contribution is 8.18. The number of carbonyl (C=O) groups is 1. The molecular formula is C21H16N2O2S. The molecule has 0 saturated heterocycles. The number of aliphatic imine (C=N–C) groups is 1. The van der Waals surface area contributed by atoms with Gasteiger partial charge in [0.05, 0.1) is 4.91 Å². The maximum absolute atomic E-state index is 11.6. The van der Waals surface area contributed by atoms with E-state index in [1.165, 1.54) is 22.5 Å². The van der Waals surface area contributed by atoms with E-state index < -0.39 is 0 Å². The van der Waals surface area contributed by atoms with Crippen LogP contribution in [0.5, 0.6) is 5.75 Å². The van der Waals surface area contributed by atoms with Crippen molar-refractivity contribution in [1.82, 2.24) is 0 Å². The number of carbonyl (C=O) groups excluding carboxylic acids is 1. The normalized spacial score (nSPS) is 15.5. The molecule has 1 amide bonds. The highest BCUT2D eigenvalue weighted by Gasteiger charge is 2.19. The number of benzene rings is 3. The van der Waals surface area contributed by atoms with Crippen LogP contribution < -0.4 is 10.5 Å². The van der Waals surface area contributed by atoms with Gasteiger partial charge in [-0.05, 0) is 51.9 Å². The number of thioether (sulfide) groups is 1. The second-order valence-electron chi connectivity index (χ2n) is 5.86. The molecule has 128 valence electrons. The number of rotatable bonds is 4. The molecule has 0 spiro atoms. The highest BCUT2D eigenvalue weighted by Crippen LogP contribution is 2.27. The van der Waals surface area contributed by atoms with Crippen molar-refractivity contribution in [2.24, 2.45) is 10.7 Å². The van der Waals surface area contributed by atoms with Crippen molar-refractivity contribution >= 4 is 39.7 Å². The van der Waals surface area contributed by atoms with E-state index in [9.17, 15) is 4.79 Å². The first-order valence-corrected chi connectivity index (χ1v) is 8.98. The first-order valence-electron chi connectivity index (χ1n) is 8.16. The van der Waals surface area contributed by atoms with Gasteiger partial charge in [0.2, 0.25) is 0 Å². The number of hydrogen-bond donors (Lipinski definition) is 1. The maximum Gasteiger partial charge on any atom is 0.286 e. The molecule has 0 atom stereocenters. The summed E-state index contributed by atoms with van der Waals surface area (Å²) in [7, 11) is 0. The smallest absolute Gasteiger partial charge is 0.286 e. The van der Waals surface area contributed by atoms with Gasteiger partial charge in [0.15, 0.2) is 5.17 Å². The molecular weight excluding hydrogens is 344 g/mol. The van der Waals surface area contributed by atoms with E-state index in [0.717, 1.165) is 16.9 Å². The number of fused-ring (bicyclic) bond motifs is 1. The van der Waals surface area contributed by atoms with Crippen LogP contribution in [0.3, 0.4) is 0 Å². The molecule has 4 nitrogen and oxygen atoms in total. The third kappa shape index (κ3) is 3.48. The lowest BCUT2D eigenvalue weighted by molar-refractivity contribution is -0.113.